The summed E-state index contributed by atoms with van der Waals surface area (Å²) in [5.74, 6) is 0. The summed E-state index contributed by atoms with van der Waals surface area (Å²) in [5, 5.41) is 23.8. The standard InChI is InChI=1S/C11H14N4O4/c16-11(17)14-7-1-2-8(14)4-9(3-7)13-6-10(5-12-13)15(18)19/h5-9H,1-4H2,(H,16,17)/t7-,8?,9?/m0/s1. The summed E-state index contributed by atoms with van der Waals surface area (Å²) >= 11 is 0. The Bertz CT molecular complexity index is 515. The van der Waals surface area contributed by atoms with E-state index in [0.717, 1.165) is 12.8 Å². The van der Waals surface area contributed by atoms with Crippen LogP contribution in [0.5, 0.6) is 0 Å². The second-order valence-electron chi connectivity index (χ2n) is 5.14. The Labute approximate surface area is 108 Å². The van der Waals surface area contributed by atoms with Gasteiger partial charge in [0.2, 0.25) is 0 Å². The molecule has 1 amide bonds. The maximum Gasteiger partial charge on any atom is 0.407 e. The number of aromatic nitrogens is 2. The first-order valence-corrected chi connectivity index (χ1v) is 6.26. The molecule has 2 unspecified atom stereocenters. The van der Waals surface area contributed by atoms with Gasteiger partial charge in [0.1, 0.15) is 12.4 Å². The lowest BCUT2D eigenvalue weighted by Gasteiger charge is -2.36. The molecule has 2 bridgehead atoms. The highest BCUT2D eigenvalue weighted by atomic mass is 16.6. The Morgan fingerprint density at radius 3 is 2.47 bits per heavy atom. The molecule has 0 saturated carbocycles. The van der Waals surface area contributed by atoms with Gasteiger partial charge in [-0.3, -0.25) is 14.8 Å². The molecule has 0 spiro atoms. The molecule has 0 aliphatic carbocycles. The molecule has 3 rings (SSSR count). The minimum Gasteiger partial charge on any atom is -0.465 e. The predicted molar refractivity (Wildman–Crippen MR) is 63.8 cm³/mol. The maximum absolute atomic E-state index is 11.2. The monoisotopic (exact) mass is 266 g/mol. The molecule has 2 aliphatic rings. The van der Waals surface area contributed by atoms with E-state index >= 15 is 0 Å². The smallest absolute Gasteiger partial charge is 0.407 e. The van der Waals surface area contributed by atoms with Crippen molar-refractivity contribution in [2.24, 2.45) is 0 Å². The van der Waals surface area contributed by atoms with Crippen LogP contribution in [0.1, 0.15) is 31.7 Å². The van der Waals surface area contributed by atoms with Gasteiger partial charge in [-0.1, -0.05) is 0 Å². The van der Waals surface area contributed by atoms with E-state index in [-0.39, 0.29) is 23.8 Å². The van der Waals surface area contributed by atoms with Crippen LogP contribution in [0, 0.1) is 10.1 Å². The van der Waals surface area contributed by atoms with E-state index in [9.17, 15) is 14.9 Å². The fourth-order valence-corrected chi connectivity index (χ4v) is 3.30. The van der Waals surface area contributed by atoms with E-state index in [1.165, 1.54) is 17.3 Å². The van der Waals surface area contributed by atoms with Gasteiger partial charge in [-0.15, -0.1) is 0 Å². The van der Waals surface area contributed by atoms with Gasteiger partial charge in [0.05, 0.1) is 11.0 Å². The first kappa shape index (κ1) is 11.9. The molecule has 102 valence electrons. The van der Waals surface area contributed by atoms with Crippen molar-refractivity contribution < 1.29 is 14.8 Å². The van der Waals surface area contributed by atoms with Gasteiger partial charge in [0, 0.05) is 12.1 Å². The van der Waals surface area contributed by atoms with Crippen molar-refractivity contribution in [3.05, 3.63) is 22.5 Å². The van der Waals surface area contributed by atoms with Gasteiger partial charge in [-0.25, -0.2) is 4.79 Å². The molecule has 3 atom stereocenters. The molecule has 2 aliphatic heterocycles. The summed E-state index contributed by atoms with van der Waals surface area (Å²) < 4.78 is 1.61. The molecule has 0 radical (unpaired) electrons. The molecule has 2 saturated heterocycles. The minimum atomic E-state index is -0.864. The number of carbonyl (C=O) groups is 1. The molecule has 19 heavy (non-hydrogen) atoms. The Kier molecular flexibility index (Phi) is 2.65. The highest BCUT2D eigenvalue weighted by Gasteiger charge is 2.44. The van der Waals surface area contributed by atoms with E-state index in [0.29, 0.717) is 12.8 Å². The lowest BCUT2D eigenvalue weighted by Crippen LogP contribution is -2.46. The fourth-order valence-electron chi connectivity index (χ4n) is 3.30. The summed E-state index contributed by atoms with van der Waals surface area (Å²) in [6.07, 6.45) is 4.92. The second-order valence-corrected chi connectivity index (χ2v) is 5.14. The minimum absolute atomic E-state index is 0.0181. The molecule has 1 N–H and O–H groups in total. The number of rotatable bonds is 2. The largest absolute Gasteiger partial charge is 0.465 e. The van der Waals surface area contributed by atoms with Crippen LogP contribution in [-0.2, 0) is 0 Å². The normalized spacial score (nSPS) is 29.5. The third-order valence-electron chi connectivity index (χ3n) is 4.10. The topological polar surface area (TPSA) is 102 Å². The molecule has 0 aromatic carbocycles. The Balaban J connectivity index is 1.78. The highest BCUT2D eigenvalue weighted by Crippen LogP contribution is 2.40. The number of hydrogen-bond donors (Lipinski definition) is 1. The van der Waals surface area contributed by atoms with E-state index in [1.54, 1.807) is 4.68 Å². The molecular formula is C11H14N4O4. The SMILES string of the molecule is O=C(O)N1C2CC[C@H]1CC(n1cc([N+](=O)[O-])cn1)C2. The number of piperidine rings is 1. The summed E-state index contributed by atoms with van der Waals surface area (Å²) in [5.41, 5.74) is -0.0204. The first-order chi connectivity index (χ1) is 9.06. The van der Waals surface area contributed by atoms with Crippen molar-refractivity contribution in [2.75, 3.05) is 0 Å². The predicted octanol–water partition coefficient (Wildman–Crippen LogP) is 1.64. The third-order valence-corrected chi connectivity index (χ3v) is 4.10. The van der Waals surface area contributed by atoms with Crippen LogP contribution in [0.15, 0.2) is 12.4 Å². The van der Waals surface area contributed by atoms with Crippen molar-refractivity contribution in [1.82, 2.24) is 14.7 Å². The fraction of sp³-hybridized carbons (Fsp3) is 0.636. The number of hydrogen-bond acceptors (Lipinski definition) is 4. The van der Waals surface area contributed by atoms with E-state index < -0.39 is 11.0 Å². The van der Waals surface area contributed by atoms with Gasteiger partial charge >= 0.3 is 11.8 Å². The van der Waals surface area contributed by atoms with E-state index in [2.05, 4.69) is 5.10 Å². The summed E-state index contributed by atoms with van der Waals surface area (Å²) in [6, 6.07) is 0.0933. The van der Waals surface area contributed by atoms with Gasteiger partial charge in [-0.05, 0) is 25.7 Å². The van der Waals surface area contributed by atoms with Crippen LogP contribution in [0.3, 0.4) is 0 Å². The Morgan fingerprint density at radius 1 is 1.37 bits per heavy atom. The highest BCUT2D eigenvalue weighted by molar-refractivity contribution is 5.66. The number of nitro groups is 1. The first-order valence-electron chi connectivity index (χ1n) is 6.26. The van der Waals surface area contributed by atoms with Crippen molar-refractivity contribution >= 4 is 11.8 Å². The molecule has 8 nitrogen and oxygen atoms in total. The van der Waals surface area contributed by atoms with Gasteiger partial charge < -0.3 is 10.0 Å². The Morgan fingerprint density at radius 2 is 2.00 bits per heavy atom. The van der Waals surface area contributed by atoms with E-state index in [4.69, 9.17) is 5.11 Å². The van der Waals surface area contributed by atoms with E-state index in [1.807, 2.05) is 0 Å². The van der Waals surface area contributed by atoms with Crippen molar-refractivity contribution in [3.63, 3.8) is 0 Å². The van der Waals surface area contributed by atoms with Crippen molar-refractivity contribution in [1.29, 1.82) is 0 Å². The number of amides is 1. The summed E-state index contributed by atoms with van der Waals surface area (Å²) in [4.78, 5) is 22.9. The third kappa shape index (κ3) is 1.92. The molecular weight excluding hydrogens is 252 g/mol. The zero-order valence-electron chi connectivity index (χ0n) is 10.2. The van der Waals surface area contributed by atoms with Crippen molar-refractivity contribution in [3.8, 4) is 0 Å². The van der Waals surface area contributed by atoms with Gasteiger partial charge in [0.25, 0.3) is 0 Å². The van der Waals surface area contributed by atoms with Gasteiger partial charge in [-0.2, -0.15) is 5.10 Å². The lowest BCUT2D eigenvalue weighted by atomic mass is 9.98. The molecule has 1 aromatic rings. The van der Waals surface area contributed by atoms with Gasteiger partial charge in [0.15, 0.2) is 0 Å². The van der Waals surface area contributed by atoms with Crippen LogP contribution in [-0.4, -0.2) is 42.9 Å². The van der Waals surface area contributed by atoms with Crippen LogP contribution >= 0.6 is 0 Å². The van der Waals surface area contributed by atoms with Crippen LogP contribution in [0.25, 0.3) is 0 Å². The number of fused-ring (bicyclic) bond motifs is 2. The van der Waals surface area contributed by atoms with Crippen LogP contribution in [0.2, 0.25) is 0 Å². The average Bonchev–Trinajstić information content (AvgIpc) is 2.93. The van der Waals surface area contributed by atoms with Crippen molar-refractivity contribution in [2.45, 2.75) is 43.8 Å². The molecule has 8 heteroatoms. The van der Waals surface area contributed by atoms with Crippen LogP contribution in [0.4, 0.5) is 10.5 Å². The molecule has 3 heterocycles. The molecule has 1 aromatic heterocycles. The lowest BCUT2D eigenvalue weighted by molar-refractivity contribution is -0.385. The van der Waals surface area contributed by atoms with Crippen LogP contribution < -0.4 is 0 Å². The number of nitrogens with zero attached hydrogens (tertiary/aromatic N) is 4. The molecule has 2 fully saturated rings. The second kappa shape index (κ2) is 4.22. The number of carboxylic acid groups (broad SMARTS) is 1. The summed E-state index contributed by atoms with van der Waals surface area (Å²) in [6.45, 7) is 0. The maximum atomic E-state index is 11.2. The zero-order chi connectivity index (χ0) is 13.6. The zero-order valence-corrected chi connectivity index (χ0v) is 10.2. The average molecular weight is 266 g/mol. The summed E-state index contributed by atoms with van der Waals surface area (Å²) in [7, 11) is 0. The quantitative estimate of drug-likeness (QED) is 0.647. The Hall–Kier alpha value is -2.12.